The monoisotopic (exact) mass is 455 g/mol. The molecule has 1 aliphatic heterocycles. The molecule has 0 saturated heterocycles. The van der Waals surface area contributed by atoms with Crippen molar-refractivity contribution in [2.24, 2.45) is 0 Å². The van der Waals surface area contributed by atoms with Crippen LogP contribution in [0, 0.1) is 13.8 Å². The van der Waals surface area contributed by atoms with E-state index in [-0.39, 0.29) is 0 Å². The van der Waals surface area contributed by atoms with Crippen LogP contribution < -0.4 is 4.90 Å². The van der Waals surface area contributed by atoms with Crippen molar-refractivity contribution in [1.29, 1.82) is 0 Å². The first-order chi connectivity index (χ1) is 16.4. The number of aromatic nitrogens is 2. The lowest BCUT2D eigenvalue weighted by Crippen LogP contribution is -2.31. The first-order valence-corrected chi connectivity index (χ1v) is 11.4. The van der Waals surface area contributed by atoms with Gasteiger partial charge in [-0.2, -0.15) is 0 Å². The highest BCUT2D eigenvalue weighted by molar-refractivity contribution is 5.97. The topological polar surface area (TPSA) is 56.6 Å². The lowest BCUT2D eigenvalue weighted by molar-refractivity contribution is 0.0249. The van der Waals surface area contributed by atoms with Crippen molar-refractivity contribution in [3.8, 4) is 0 Å². The molecule has 0 saturated carbocycles. The van der Waals surface area contributed by atoms with E-state index in [1.165, 1.54) is 0 Å². The van der Waals surface area contributed by atoms with E-state index in [2.05, 4.69) is 58.6 Å². The average Bonchev–Trinajstić information content (AvgIpc) is 3.29. The molecule has 3 heterocycles. The van der Waals surface area contributed by atoms with E-state index in [9.17, 15) is 4.79 Å². The highest BCUT2D eigenvalue weighted by Gasteiger charge is 2.52. The Balaban J connectivity index is 1.89. The molecule has 0 bridgehead atoms. The van der Waals surface area contributed by atoms with Gasteiger partial charge in [-0.05, 0) is 43.7 Å². The summed E-state index contributed by atoms with van der Waals surface area (Å²) >= 11 is 0. The molecular weight excluding hydrogens is 426 g/mol. The number of ether oxygens (including phenoxy) is 2. The van der Waals surface area contributed by atoms with Gasteiger partial charge in [0.05, 0.1) is 6.61 Å². The van der Waals surface area contributed by atoms with Crippen molar-refractivity contribution in [3.05, 3.63) is 94.4 Å². The second kappa shape index (κ2) is 8.29. The Morgan fingerprint density at radius 2 is 1.85 bits per heavy atom. The maximum absolute atomic E-state index is 13.2. The predicted molar refractivity (Wildman–Crippen MR) is 134 cm³/mol. The minimum atomic E-state index is -1.10. The molecule has 2 aromatic heterocycles. The molecule has 1 aliphatic rings. The number of cyclic esters (lactones) is 1. The zero-order valence-corrected chi connectivity index (χ0v) is 20.3. The number of rotatable bonds is 6. The first kappa shape index (κ1) is 22.2. The van der Waals surface area contributed by atoms with E-state index < -0.39 is 11.6 Å². The Labute approximate surface area is 199 Å². The van der Waals surface area contributed by atoms with Gasteiger partial charge in [-0.25, -0.2) is 9.78 Å². The second-order valence-electron chi connectivity index (χ2n) is 8.99. The fourth-order valence-corrected chi connectivity index (χ4v) is 5.28. The van der Waals surface area contributed by atoms with Crippen LogP contribution in [0.3, 0.4) is 0 Å². The van der Waals surface area contributed by atoms with Crippen molar-refractivity contribution < 1.29 is 14.3 Å². The molecule has 0 amide bonds. The van der Waals surface area contributed by atoms with Crippen LogP contribution in [0.2, 0.25) is 0 Å². The lowest BCUT2D eigenvalue weighted by atomic mass is 9.77. The quantitative estimate of drug-likeness (QED) is 0.390. The summed E-state index contributed by atoms with van der Waals surface area (Å²) in [6.07, 6.45) is 1.65. The number of benzene rings is 2. The summed E-state index contributed by atoms with van der Waals surface area (Å²) in [4.78, 5) is 19.7. The molecule has 0 aliphatic carbocycles. The molecule has 34 heavy (non-hydrogen) atoms. The third-order valence-electron chi connectivity index (χ3n) is 6.83. The predicted octanol–water partition coefficient (Wildman–Crippen LogP) is 4.83. The number of methoxy groups -OCH3 is 1. The summed E-state index contributed by atoms with van der Waals surface area (Å²) in [5, 5.41) is 1.05. The molecular formula is C28H29N3O3. The average molecular weight is 456 g/mol. The van der Waals surface area contributed by atoms with Crippen LogP contribution in [0.1, 0.15) is 38.4 Å². The number of nitrogens with zero attached hydrogens (tertiary/aromatic N) is 3. The molecule has 0 fully saturated rings. The summed E-state index contributed by atoms with van der Waals surface area (Å²) in [5.74, 6) is -0.403. The second-order valence-corrected chi connectivity index (χ2v) is 8.99. The van der Waals surface area contributed by atoms with Crippen LogP contribution in [0.25, 0.3) is 10.9 Å². The third-order valence-corrected chi connectivity index (χ3v) is 6.83. The smallest absolute Gasteiger partial charge is 0.358 e. The molecule has 1 unspecified atom stereocenters. The fraction of sp³-hybridized carbons (Fsp3) is 0.286. The fourth-order valence-electron chi connectivity index (χ4n) is 5.28. The highest BCUT2D eigenvalue weighted by atomic mass is 16.6. The molecule has 2 aromatic carbocycles. The number of carbonyl (C=O) groups is 1. The summed E-state index contributed by atoms with van der Waals surface area (Å²) in [7, 11) is 5.75. The molecule has 1 atom stereocenters. The van der Waals surface area contributed by atoms with Crippen LogP contribution in [0.15, 0.2) is 60.8 Å². The number of aryl methyl sites for hydroxylation is 1. The first-order valence-electron chi connectivity index (χ1n) is 11.4. The van der Waals surface area contributed by atoms with Crippen LogP contribution in [0.4, 0.5) is 5.69 Å². The zero-order valence-electron chi connectivity index (χ0n) is 20.3. The van der Waals surface area contributed by atoms with Gasteiger partial charge in [0.25, 0.3) is 0 Å². The maximum Gasteiger partial charge on any atom is 0.358 e. The Morgan fingerprint density at radius 3 is 2.59 bits per heavy atom. The molecule has 174 valence electrons. The van der Waals surface area contributed by atoms with Crippen LogP contribution in [-0.4, -0.2) is 43.3 Å². The Kier molecular flexibility index (Phi) is 5.41. The van der Waals surface area contributed by atoms with Crippen LogP contribution in [-0.2, 0) is 21.6 Å². The van der Waals surface area contributed by atoms with Gasteiger partial charge < -0.3 is 18.9 Å². The molecule has 6 heteroatoms. The summed E-state index contributed by atoms with van der Waals surface area (Å²) in [6, 6.07) is 18.4. The van der Waals surface area contributed by atoms with E-state index in [4.69, 9.17) is 9.47 Å². The summed E-state index contributed by atoms with van der Waals surface area (Å²) < 4.78 is 14.1. The van der Waals surface area contributed by atoms with E-state index in [0.29, 0.717) is 18.8 Å². The van der Waals surface area contributed by atoms with Crippen molar-refractivity contribution in [2.75, 3.05) is 32.7 Å². The van der Waals surface area contributed by atoms with Gasteiger partial charge in [-0.15, -0.1) is 0 Å². The van der Waals surface area contributed by atoms with Crippen molar-refractivity contribution in [2.45, 2.75) is 26.0 Å². The molecule has 0 N–H and O–H groups in total. The Bertz CT molecular complexity index is 1410. The molecule has 0 spiro atoms. The summed E-state index contributed by atoms with van der Waals surface area (Å²) in [6.45, 7) is 5.45. The highest BCUT2D eigenvalue weighted by Crippen LogP contribution is 2.51. The van der Waals surface area contributed by atoms with Crippen LogP contribution >= 0.6 is 0 Å². The molecule has 6 nitrogen and oxygen atoms in total. The van der Waals surface area contributed by atoms with Gasteiger partial charge in [0.2, 0.25) is 0 Å². The van der Waals surface area contributed by atoms with Gasteiger partial charge in [0, 0.05) is 72.9 Å². The maximum atomic E-state index is 13.2. The third kappa shape index (κ3) is 3.13. The summed E-state index contributed by atoms with van der Waals surface area (Å²) in [5.41, 5.74) is 6.22. The number of hydrogen-bond donors (Lipinski definition) is 0. The molecule has 4 aromatic rings. The van der Waals surface area contributed by atoms with E-state index in [1.807, 2.05) is 38.4 Å². The van der Waals surface area contributed by atoms with Gasteiger partial charge >= 0.3 is 5.97 Å². The number of fused-ring (bicyclic) bond motifs is 2. The van der Waals surface area contributed by atoms with Crippen molar-refractivity contribution >= 4 is 22.6 Å². The molecule has 0 radical (unpaired) electrons. The van der Waals surface area contributed by atoms with Crippen molar-refractivity contribution in [1.82, 2.24) is 9.55 Å². The Morgan fingerprint density at radius 1 is 1.06 bits per heavy atom. The number of esters is 1. The van der Waals surface area contributed by atoms with E-state index in [0.717, 1.165) is 44.5 Å². The Hall–Kier alpha value is -3.64. The van der Waals surface area contributed by atoms with E-state index in [1.54, 1.807) is 13.3 Å². The number of anilines is 1. The minimum Gasteiger partial charge on any atom is -0.439 e. The van der Waals surface area contributed by atoms with Gasteiger partial charge in [0.15, 0.2) is 11.3 Å². The zero-order chi connectivity index (χ0) is 24.0. The standard InChI is InChI=1S/C28H29N3O3/c1-18-17-20(30(3)4)12-13-22(18)28(23-10-8-14-29-26(23)27(32)34-28)25-19(2)31(15-16-33-5)24-11-7-6-9-21(24)25/h6-14,17H,15-16H2,1-5H3. The largest absolute Gasteiger partial charge is 0.439 e. The van der Waals surface area contributed by atoms with Gasteiger partial charge in [-0.1, -0.05) is 30.3 Å². The normalized spacial score (nSPS) is 17.1. The minimum absolute atomic E-state index is 0.367. The van der Waals surface area contributed by atoms with Gasteiger partial charge in [0.1, 0.15) is 0 Å². The number of para-hydroxylation sites is 1. The molecule has 5 rings (SSSR count). The lowest BCUT2D eigenvalue weighted by Gasteiger charge is -2.32. The number of carbonyl (C=O) groups excluding carboxylic acids is 1. The van der Waals surface area contributed by atoms with E-state index >= 15 is 0 Å². The van der Waals surface area contributed by atoms with Crippen molar-refractivity contribution in [3.63, 3.8) is 0 Å². The number of hydrogen-bond acceptors (Lipinski definition) is 5. The van der Waals surface area contributed by atoms with Gasteiger partial charge in [-0.3, -0.25) is 0 Å². The van der Waals surface area contributed by atoms with Crippen LogP contribution in [0.5, 0.6) is 0 Å². The number of pyridine rings is 1. The SMILES string of the molecule is COCCn1c(C)c(C2(c3ccc(N(C)C)cc3C)OC(=O)c3ncccc32)c2ccccc21.